The van der Waals surface area contributed by atoms with Crippen molar-refractivity contribution in [3.63, 3.8) is 0 Å². The van der Waals surface area contributed by atoms with Crippen molar-refractivity contribution >= 4 is 17.5 Å². The van der Waals surface area contributed by atoms with Crippen LogP contribution in [-0.4, -0.2) is 24.6 Å². The van der Waals surface area contributed by atoms with Crippen molar-refractivity contribution in [2.45, 2.75) is 66.7 Å². The number of methoxy groups -OCH3 is 1. The molecular weight excluding hydrogens is 316 g/mol. The summed E-state index contributed by atoms with van der Waals surface area (Å²) in [6.45, 7) is 10.6. The van der Waals surface area contributed by atoms with E-state index in [0.717, 1.165) is 24.8 Å². The Morgan fingerprint density at radius 3 is 2.28 bits per heavy atom. The molecule has 0 aromatic rings. The van der Waals surface area contributed by atoms with Gasteiger partial charge < -0.3 is 10.6 Å². The Kier molecular flexibility index (Phi) is 3.76. The predicted octanol–water partition coefficient (Wildman–Crippen LogP) is 3.38. The minimum absolute atomic E-state index is 0.00247. The normalized spacial score (nSPS) is 37.7. The van der Waals surface area contributed by atoms with Crippen LogP contribution in [0.15, 0.2) is 16.2 Å². The minimum atomic E-state index is -0.873. The number of Topliss-reactive ketones (excluding diaryl/α,β-unsaturated/α-hetero) is 1. The van der Waals surface area contributed by atoms with Gasteiger partial charge in [0.05, 0.1) is 12.5 Å². The second-order valence-corrected chi connectivity index (χ2v) is 10.1. The fraction of sp³-hybridized carbons (Fsp3) is 0.750. The lowest BCUT2D eigenvalue weighted by atomic mass is 9.45. The van der Waals surface area contributed by atoms with Crippen molar-refractivity contribution in [2.75, 3.05) is 7.11 Å². The van der Waals surface area contributed by atoms with Crippen LogP contribution in [0.25, 0.3) is 0 Å². The molecule has 2 N–H and O–H groups in total. The van der Waals surface area contributed by atoms with Gasteiger partial charge in [0.15, 0.2) is 0 Å². The molecule has 0 aliphatic heterocycles. The van der Waals surface area contributed by atoms with E-state index in [4.69, 9.17) is 10.6 Å². The molecule has 3 rings (SSSR count). The monoisotopic (exact) mass is 346 g/mol. The maximum absolute atomic E-state index is 13.4. The molecule has 0 radical (unpaired) electrons. The SMILES string of the molecule is COC(=O)[C@@]12CC(C)(C)C[C@@](C)(CC3=C1C(=O)/C(=N\N)C(C)(C)C3)C2. The number of fused-ring (bicyclic) bond motifs is 3. The van der Waals surface area contributed by atoms with E-state index in [1.807, 2.05) is 13.8 Å². The van der Waals surface area contributed by atoms with Crippen LogP contribution >= 0.6 is 0 Å². The highest BCUT2D eigenvalue weighted by atomic mass is 16.5. The number of ketones is 1. The molecule has 138 valence electrons. The van der Waals surface area contributed by atoms with Crippen molar-refractivity contribution in [1.82, 2.24) is 0 Å². The zero-order chi connectivity index (χ0) is 18.8. The number of nitrogens with zero attached hydrogens (tertiary/aromatic N) is 1. The summed E-state index contributed by atoms with van der Waals surface area (Å²) >= 11 is 0. The summed E-state index contributed by atoms with van der Waals surface area (Å²) in [5.74, 6) is 5.14. The van der Waals surface area contributed by atoms with Gasteiger partial charge >= 0.3 is 5.97 Å². The van der Waals surface area contributed by atoms with Crippen molar-refractivity contribution in [3.05, 3.63) is 11.1 Å². The van der Waals surface area contributed by atoms with Gasteiger partial charge in [-0.05, 0) is 42.9 Å². The van der Waals surface area contributed by atoms with Crippen LogP contribution in [0.5, 0.6) is 0 Å². The molecule has 5 heteroatoms. The van der Waals surface area contributed by atoms with Crippen LogP contribution in [0.1, 0.15) is 66.7 Å². The lowest BCUT2D eigenvalue weighted by molar-refractivity contribution is -0.161. The highest BCUT2D eigenvalue weighted by Gasteiger charge is 2.62. The molecule has 2 atom stereocenters. The fourth-order valence-electron chi connectivity index (χ4n) is 6.38. The van der Waals surface area contributed by atoms with Crippen LogP contribution in [0.4, 0.5) is 0 Å². The van der Waals surface area contributed by atoms with E-state index in [1.165, 1.54) is 7.11 Å². The van der Waals surface area contributed by atoms with Crippen LogP contribution in [0.2, 0.25) is 0 Å². The zero-order valence-corrected chi connectivity index (χ0v) is 16.3. The molecule has 0 amide bonds. The fourth-order valence-corrected chi connectivity index (χ4v) is 6.38. The van der Waals surface area contributed by atoms with E-state index in [-0.39, 0.29) is 22.6 Å². The van der Waals surface area contributed by atoms with Gasteiger partial charge in [0.2, 0.25) is 5.78 Å². The predicted molar refractivity (Wildman–Crippen MR) is 96.9 cm³/mol. The summed E-state index contributed by atoms with van der Waals surface area (Å²) in [6, 6.07) is 0. The number of carbonyl (C=O) groups is 2. The molecule has 0 aromatic heterocycles. The van der Waals surface area contributed by atoms with Crippen LogP contribution in [0, 0.1) is 21.7 Å². The maximum Gasteiger partial charge on any atom is 0.316 e. The lowest BCUT2D eigenvalue weighted by Crippen LogP contribution is -2.56. The zero-order valence-electron chi connectivity index (χ0n) is 16.3. The number of rotatable bonds is 1. The van der Waals surface area contributed by atoms with Gasteiger partial charge in [0.1, 0.15) is 5.71 Å². The first-order valence-corrected chi connectivity index (χ1v) is 9.04. The lowest BCUT2D eigenvalue weighted by Gasteiger charge is -2.57. The number of allylic oxidation sites excluding steroid dienone is 1. The van der Waals surface area contributed by atoms with E-state index in [2.05, 4.69) is 25.9 Å². The molecule has 3 aliphatic rings. The summed E-state index contributed by atoms with van der Waals surface area (Å²) in [5, 5.41) is 3.83. The number of carbonyl (C=O) groups excluding carboxylic acids is 2. The molecule has 0 unspecified atom stereocenters. The molecular formula is C20H30N2O3. The van der Waals surface area contributed by atoms with Crippen molar-refractivity contribution in [1.29, 1.82) is 0 Å². The third-order valence-corrected chi connectivity index (χ3v) is 6.33. The Labute approximate surface area is 150 Å². The number of esters is 1. The highest BCUT2D eigenvalue weighted by molar-refractivity contribution is 6.49. The number of hydrogen-bond donors (Lipinski definition) is 1. The first-order chi connectivity index (χ1) is 11.4. The number of hydrazone groups is 1. The summed E-state index contributed by atoms with van der Waals surface area (Å²) in [7, 11) is 1.42. The van der Waals surface area contributed by atoms with Crippen LogP contribution < -0.4 is 5.84 Å². The van der Waals surface area contributed by atoms with Crippen molar-refractivity contribution in [3.8, 4) is 0 Å². The van der Waals surface area contributed by atoms with E-state index >= 15 is 0 Å². The molecule has 2 bridgehead atoms. The molecule has 1 fully saturated rings. The summed E-state index contributed by atoms with van der Waals surface area (Å²) in [4.78, 5) is 26.4. The largest absolute Gasteiger partial charge is 0.468 e. The van der Waals surface area contributed by atoms with Crippen LogP contribution in [-0.2, 0) is 14.3 Å². The first kappa shape index (κ1) is 18.2. The van der Waals surface area contributed by atoms with Gasteiger partial charge in [0, 0.05) is 11.0 Å². The first-order valence-electron chi connectivity index (χ1n) is 9.04. The number of nitrogens with two attached hydrogens (primary N) is 1. The summed E-state index contributed by atoms with van der Waals surface area (Å²) < 4.78 is 5.23. The molecule has 1 saturated carbocycles. The third-order valence-electron chi connectivity index (χ3n) is 6.33. The third kappa shape index (κ3) is 2.54. The number of hydrogen-bond acceptors (Lipinski definition) is 5. The Morgan fingerprint density at radius 2 is 1.72 bits per heavy atom. The minimum Gasteiger partial charge on any atom is -0.468 e. The Balaban J connectivity index is 2.28. The summed E-state index contributed by atoms with van der Waals surface area (Å²) in [5.41, 5.74) is 0.809. The standard InChI is InChI=1S/C20H30N2O3/c1-17(2)9-19(5)8-12-7-18(3,4)15(22-21)14(23)13(12)20(10-17,11-19)16(24)25-6/h7-11,21H2,1-6H3/b22-15+/t19-,20-/m1/s1. The van der Waals surface area contributed by atoms with Gasteiger partial charge in [-0.1, -0.05) is 40.2 Å². The van der Waals surface area contributed by atoms with Crippen molar-refractivity contribution < 1.29 is 14.3 Å². The van der Waals surface area contributed by atoms with Crippen molar-refractivity contribution in [2.24, 2.45) is 32.6 Å². The molecule has 0 spiro atoms. The highest BCUT2D eigenvalue weighted by Crippen LogP contribution is 2.65. The van der Waals surface area contributed by atoms with E-state index in [0.29, 0.717) is 24.1 Å². The Morgan fingerprint density at radius 1 is 1.08 bits per heavy atom. The van der Waals surface area contributed by atoms with Gasteiger partial charge in [-0.2, -0.15) is 5.10 Å². The molecule has 3 aliphatic carbocycles. The molecule has 25 heavy (non-hydrogen) atoms. The molecule has 5 nitrogen and oxygen atoms in total. The van der Waals surface area contributed by atoms with Gasteiger partial charge in [-0.25, -0.2) is 0 Å². The van der Waals surface area contributed by atoms with Gasteiger partial charge in [-0.3, -0.25) is 9.59 Å². The van der Waals surface area contributed by atoms with E-state index < -0.39 is 10.8 Å². The summed E-state index contributed by atoms with van der Waals surface area (Å²) in [6.07, 6.45) is 3.92. The smallest absolute Gasteiger partial charge is 0.316 e. The average molecular weight is 346 g/mol. The second kappa shape index (κ2) is 5.18. The molecule has 0 heterocycles. The Bertz CT molecular complexity index is 716. The molecule has 0 aromatic carbocycles. The molecule has 0 saturated heterocycles. The number of ether oxygens (including phenoxy) is 1. The quantitative estimate of drug-likeness (QED) is 0.448. The van der Waals surface area contributed by atoms with Gasteiger partial charge in [0.25, 0.3) is 0 Å². The maximum atomic E-state index is 13.4. The van der Waals surface area contributed by atoms with Crippen LogP contribution in [0.3, 0.4) is 0 Å². The Hall–Kier alpha value is -1.65. The second-order valence-electron chi connectivity index (χ2n) is 10.1. The van der Waals surface area contributed by atoms with Gasteiger partial charge in [-0.15, -0.1) is 0 Å². The topological polar surface area (TPSA) is 81.8 Å². The van der Waals surface area contributed by atoms with E-state index in [9.17, 15) is 9.59 Å². The van der Waals surface area contributed by atoms with E-state index in [1.54, 1.807) is 0 Å². The average Bonchev–Trinajstić information content (AvgIpc) is 2.41.